The summed E-state index contributed by atoms with van der Waals surface area (Å²) < 4.78 is 13.1. The Morgan fingerprint density at radius 1 is 1.30 bits per heavy atom. The van der Waals surface area contributed by atoms with Crippen molar-refractivity contribution in [3.05, 3.63) is 34.6 Å². The SMILES string of the molecule is CCN(CC)C(C)(CC)C(=O)Cc1ccc(F)c(Cl)c1. The average molecular weight is 300 g/mol. The van der Waals surface area contributed by atoms with Crippen molar-refractivity contribution in [3.8, 4) is 0 Å². The van der Waals surface area contributed by atoms with E-state index in [1.807, 2.05) is 13.8 Å². The van der Waals surface area contributed by atoms with E-state index in [1.165, 1.54) is 12.1 Å². The van der Waals surface area contributed by atoms with Gasteiger partial charge in [0.05, 0.1) is 10.6 Å². The first-order valence-electron chi connectivity index (χ1n) is 7.11. The standard InChI is InChI=1S/C16H23ClFNO/c1-5-16(4,19(6-2)7-3)15(20)11-12-8-9-14(18)13(17)10-12/h8-10H,5-7,11H2,1-4H3. The molecule has 20 heavy (non-hydrogen) atoms. The molecule has 0 heterocycles. The van der Waals surface area contributed by atoms with E-state index < -0.39 is 11.4 Å². The van der Waals surface area contributed by atoms with Gasteiger partial charge in [0.25, 0.3) is 0 Å². The number of benzene rings is 1. The van der Waals surface area contributed by atoms with Gasteiger partial charge >= 0.3 is 0 Å². The highest BCUT2D eigenvalue weighted by Crippen LogP contribution is 2.24. The van der Waals surface area contributed by atoms with E-state index in [2.05, 4.69) is 18.7 Å². The molecule has 0 fully saturated rings. The minimum absolute atomic E-state index is 0.0661. The Morgan fingerprint density at radius 3 is 2.35 bits per heavy atom. The van der Waals surface area contributed by atoms with Crippen molar-refractivity contribution in [2.24, 2.45) is 0 Å². The van der Waals surface area contributed by atoms with Crippen molar-refractivity contribution >= 4 is 17.4 Å². The highest BCUT2D eigenvalue weighted by Gasteiger charge is 2.35. The number of carbonyl (C=O) groups excluding carboxylic acids is 1. The Hall–Kier alpha value is -0.930. The van der Waals surface area contributed by atoms with E-state index in [-0.39, 0.29) is 17.2 Å². The molecule has 0 aromatic heterocycles. The highest BCUT2D eigenvalue weighted by molar-refractivity contribution is 6.30. The predicted octanol–water partition coefficient (Wildman–Crippen LogP) is 4.10. The van der Waals surface area contributed by atoms with E-state index in [0.717, 1.165) is 25.1 Å². The van der Waals surface area contributed by atoms with Gasteiger partial charge in [-0.1, -0.05) is 38.4 Å². The lowest BCUT2D eigenvalue weighted by Gasteiger charge is -2.38. The second-order valence-electron chi connectivity index (χ2n) is 5.15. The summed E-state index contributed by atoms with van der Waals surface area (Å²) in [4.78, 5) is 14.8. The van der Waals surface area contributed by atoms with Gasteiger partial charge in [0.2, 0.25) is 0 Å². The van der Waals surface area contributed by atoms with Crippen LogP contribution >= 0.6 is 11.6 Å². The van der Waals surface area contributed by atoms with E-state index in [4.69, 9.17) is 11.6 Å². The maximum Gasteiger partial charge on any atom is 0.157 e. The normalized spacial score (nSPS) is 14.3. The van der Waals surface area contributed by atoms with Crippen molar-refractivity contribution in [2.75, 3.05) is 13.1 Å². The molecule has 1 atom stereocenters. The number of nitrogens with zero attached hydrogens (tertiary/aromatic N) is 1. The fraction of sp³-hybridized carbons (Fsp3) is 0.562. The van der Waals surface area contributed by atoms with Crippen LogP contribution in [0.15, 0.2) is 18.2 Å². The molecule has 0 aliphatic rings. The first-order valence-corrected chi connectivity index (χ1v) is 7.49. The summed E-state index contributed by atoms with van der Waals surface area (Å²) in [6, 6.07) is 4.47. The maximum absolute atomic E-state index is 13.1. The molecule has 2 nitrogen and oxygen atoms in total. The highest BCUT2D eigenvalue weighted by atomic mass is 35.5. The average Bonchev–Trinajstić information content (AvgIpc) is 2.43. The minimum Gasteiger partial charge on any atom is -0.297 e. The van der Waals surface area contributed by atoms with E-state index in [0.29, 0.717) is 0 Å². The summed E-state index contributed by atoms with van der Waals surface area (Å²) >= 11 is 5.77. The third kappa shape index (κ3) is 3.58. The van der Waals surface area contributed by atoms with Crippen LogP contribution in [0.4, 0.5) is 4.39 Å². The second kappa shape index (κ2) is 7.19. The molecule has 4 heteroatoms. The van der Waals surface area contributed by atoms with Crippen LogP contribution in [0.25, 0.3) is 0 Å². The molecular weight excluding hydrogens is 277 g/mol. The second-order valence-corrected chi connectivity index (χ2v) is 5.56. The van der Waals surface area contributed by atoms with Gasteiger partial charge in [0.1, 0.15) is 5.82 Å². The lowest BCUT2D eigenvalue weighted by molar-refractivity contribution is -0.129. The molecule has 1 aromatic rings. The van der Waals surface area contributed by atoms with Crippen molar-refractivity contribution in [1.82, 2.24) is 4.90 Å². The summed E-state index contributed by atoms with van der Waals surface area (Å²) in [7, 11) is 0. The van der Waals surface area contributed by atoms with Gasteiger partial charge in [0.15, 0.2) is 5.78 Å². The summed E-state index contributed by atoms with van der Waals surface area (Å²) in [5.41, 5.74) is 0.276. The molecule has 112 valence electrons. The largest absolute Gasteiger partial charge is 0.297 e. The number of rotatable bonds is 7. The fourth-order valence-corrected chi connectivity index (χ4v) is 2.75. The number of Topliss-reactive ketones (excluding diaryl/α,β-unsaturated/α-hetero) is 1. The molecule has 0 aliphatic heterocycles. The van der Waals surface area contributed by atoms with Crippen LogP contribution in [0.1, 0.15) is 39.7 Å². The van der Waals surface area contributed by atoms with Crippen LogP contribution in [-0.4, -0.2) is 29.3 Å². The van der Waals surface area contributed by atoms with Crippen molar-refractivity contribution < 1.29 is 9.18 Å². The first kappa shape index (κ1) is 17.1. The van der Waals surface area contributed by atoms with Gasteiger partial charge in [-0.3, -0.25) is 9.69 Å². The molecule has 0 saturated carbocycles. The Kier molecular flexibility index (Phi) is 6.15. The third-order valence-electron chi connectivity index (χ3n) is 4.10. The topological polar surface area (TPSA) is 20.3 Å². The van der Waals surface area contributed by atoms with Gasteiger partial charge < -0.3 is 0 Å². The van der Waals surface area contributed by atoms with Crippen LogP contribution in [0, 0.1) is 5.82 Å². The zero-order valence-corrected chi connectivity index (χ0v) is 13.4. The Labute approximate surface area is 125 Å². The molecule has 1 rings (SSSR count). The number of hydrogen-bond acceptors (Lipinski definition) is 2. The van der Waals surface area contributed by atoms with Crippen LogP contribution in [0.5, 0.6) is 0 Å². The van der Waals surface area contributed by atoms with Gasteiger partial charge in [-0.2, -0.15) is 0 Å². The Morgan fingerprint density at radius 2 is 1.90 bits per heavy atom. The Balaban J connectivity index is 2.94. The lowest BCUT2D eigenvalue weighted by Crippen LogP contribution is -2.52. The molecule has 0 saturated heterocycles. The van der Waals surface area contributed by atoms with E-state index in [1.54, 1.807) is 6.07 Å². The maximum atomic E-state index is 13.1. The third-order valence-corrected chi connectivity index (χ3v) is 4.39. The number of likely N-dealkylation sites (N-methyl/N-ethyl adjacent to an activating group) is 1. The van der Waals surface area contributed by atoms with Gasteiger partial charge in [-0.15, -0.1) is 0 Å². The molecule has 1 aromatic carbocycles. The first-order chi connectivity index (χ1) is 9.38. The van der Waals surface area contributed by atoms with Crippen molar-refractivity contribution in [2.45, 2.75) is 46.1 Å². The molecular formula is C16H23ClFNO. The zero-order valence-electron chi connectivity index (χ0n) is 12.7. The van der Waals surface area contributed by atoms with Gasteiger partial charge in [-0.05, 0) is 44.1 Å². The predicted molar refractivity (Wildman–Crippen MR) is 81.7 cm³/mol. The number of ketones is 1. The van der Waals surface area contributed by atoms with Crippen molar-refractivity contribution in [3.63, 3.8) is 0 Å². The molecule has 0 amide bonds. The summed E-state index contributed by atoms with van der Waals surface area (Å²) in [6.45, 7) is 9.77. The summed E-state index contributed by atoms with van der Waals surface area (Å²) in [5, 5.41) is 0.0661. The minimum atomic E-state index is -0.482. The molecule has 0 bridgehead atoms. The molecule has 0 spiro atoms. The quantitative estimate of drug-likeness (QED) is 0.755. The van der Waals surface area contributed by atoms with Crippen molar-refractivity contribution in [1.29, 1.82) is 0 Å². The Bertz CT molecular complexity index is 474. The molecule has 1 unspecified atom stereocenters. The lowest BCUT2D eigenvalue weighted by atomic mass is 9.87. The smallest absolute Gasteiger partial charge is 0.157 e. The number of carbonyl (C=O) groups is 1. The van der Waals surface area contributed by atoms with Crippen LogP contribution in [-0.2, 0) is 11.2 Å². The van der Waals surface area contributed by atoms with E-state index in [9.17, 15) is 9.18 Å². The summed E-state index contributed by atoms with van der Waals surface area (Å²) in [6.07, 6.45) is 1.03. The zero-order chi connectivity index (χ0) is 15.3. The van der Waals surface area contributed by atoms with Gasteiger partial charge in [0, 0.05) is 6.42 Å². The summed E-state index contributed by atoms with van der Waals surface area (Å²) in [5.74, 6) is -0.309. The van der Waals surface area contributed by atoms with E-state index >= 15 is 0 Å². The van der Waals surface area contributed by atoms with Gasteiger partial charge in [-0.25, -0.2) is 4.39 Å². The fourth-order valence-electron chi connectivity index (χ4n) is 2.54. The monoisotopic (exact) mass is 299 g/mol. The van der Waals surface area contributed by atoms with Crippen LogP contribution in [0.2, 0.25) is 5.02 Å². The molecule has 0 radical (unpaired) electrons. The number of halogens is 2. The molecule has 0 aliphatic carbocycles. The molecule has 0 N–H and O–H groups in total. The van der Waals surface area contributed by atoms with Crippen LogP contribution < -0.4 is 0 Å². The number of hydrogen-bond donors (Lipinski definition) is 0. The van der Waals surface area contributed by atoms with Crippen LogP contribution in [0.3, 0.4) is 0 Å².